The van der Waals surface area contributed by atoms with Gasteiger partial charge in [-0.05, 0) is 24.5 Å². The van der Waals surface area contributed by atoms with Crippen LogP contribution in [0.15, 0.2) is 63.3 Å². The minimum absolute atomic E-state index is 0.119. The highest BCUT2D eigenvalue weighted by atomic mass is 32.1. The van der Waals surface area contributed by atoms with Gasteiger partial charge in [-0.2, -0.15) is 0 Å². The van der Waals surface area contributed by atoms with Crippen molar-refractivity contribution in [1.82, 2.24) is 4.98 Å². The molecule has 0 fully saturated rings. The first-order chi connectivity index (χ1) is 14.2. The molecule has 0 saturated heterocycles. The van der Waals surface area contributed by atoms with E-state index in [1.807, 2.05) is 35.7 Å². The number of benzene rings is 2. The molecule has 0 spiro atoms. The molecule has 148 valence electrons. The predicted molar refractivity (Wildman–Crippen MR) is 119 cm³/mol. The van der Waals surface area contributed by atoms with Crippen LogP contribution < -0.4 is 5.43 Å². The van der Waals surface area contributed by atoms with Crippen molar-refractivity contribution in [3.05, 3.63) is 69.9 Å². The van der Waals surface area contributed by atoms with E-state index in [9.17, 15) is 9.90 Å². The minimum Gasteiger partial charge on any atom is -0.508 e. The number of unbranched alkanes of at least 4 members (excludes halogenated alkanes) is 3. The molecule has 1 N–H and O–H groups in total. The fraction of sp³-hybridized carbons (Fsp3) is 0.250. The van der Waals surface area contributed by atoms with Crippen molar-refractivity contribution >= 4 is 22.3 Å². The van der Waals surface area contributed by atoms with Gasteiger partial charge in [0.1, 0.15) is 22.6 Å². The van der Waals surface area contributed by atoms with Gasteiger partial charge in [-0.15, -0.1) is 11.3 Å². The zero-order valence-corrected chi connectivity index (χ0v) is 17.2. The van der Waals surface area contributed by atoms with Crippen molar-refractivity contribution < 1.29 is 9.52 Å². The summed E-state index contributed by atoms with van der Waals surface area (Å²) in [6, 6.07) is 13.2. The smallest absolute Gasteiger partial charge is 0.202 e. The van der Waals surface area contributed by atoms with Crippen LogP contribution in [0, 0.1) is 0 Å². The van der Waals surface area contributed by atoms with E-state index < -0.39 is 0 Å². The highest BCUT2D eigenvalue weighted by Crippen LogP contribution is 2.30. The molecule has 2 aromatic carbocycles. The van der Waals surface area contributed by atoms with Gasteiger partial charge in [-0.3, -0.25) is 4.79 Å². The Morgan fingerprint density at radius 3 is 2.72 bits per heavy atom. The maximum Gasteiger partial charge on any atom is 0.202 e. The van der Waals surface area contributed by atoms with Gasteiger partial charge >= 0.3 is 0 Å². The molecule has 0 aliphatic carbocycles. The number of hydrogen-bond donors (Lipinski definition) is 1. The summed E-state index contributed by atoms with van der Waals surface area (Å²) in [5.41, 5.74) is 3.15. The summed E-state index contributed by atoms with van der Waals surface area (Å²) in [5.74, 6) is 0.185. The number of hydrogen-bond acceptors (Lipinski definition) is 5. The average molecular weight is 406 g/mol. The van der Waals surface area contributed by atoms with E-state index in [0.717, 1.165) is 41.8 Å². The first-order valence-electron chi connectivity index (χ1n) is 9.96. The lowest BCUT2D eigenvalue weighted by molar-refractivity contribution is 0.465. The Hall–Kier alpha value is -2.92. The van der Waals surface area contributed by atoms with Crippen LogP contribution in [0.4, 0.5) is 0 Å². The van der Waals surface area contributed by atoms with Crippen LogP contribution >= 0.6 is 11.3 Å². The highest BCUT2D eigenvalue weighted by Gasteiger charge is 2.15. The number of rotatable bonds is 7. The molecule has 0 amide bonds. The zero-order valence-electron chi connectivity index (χ0n) is 16.4. The molecule has 0 bridgehead atoms. The lowest BCUT2D eigenvalue weighted by Gasteiger charge is -2.07. The fourth-order valence-electron chi connectivity index (χ4n) is 3.44. The molecule has 29 heavy (non-hydrogen) atoms. The van der Waals surface area contributed by atoms with E-state index in [0.29, 0.717) is 22.2 Å². The number of phenolic OH excluding ortho intramolecular Hbond substituents is 1. The second-order valence-electron chi connectivity index (χ2n) is 7.17. The second kappa shape index (κ2) is 8.62. The lowest BCUT2D eigenvalue weighted by atomic mass is 10.0. The van der Waals surface area contributed by atoms with Crippen molar-refractivity contribution in [3.63, 3.8) is 0 Å². The summed E-state index contributed by atoms with van der Waals surface area (Å²) in [7, 11) is 0. The number of aryl methyl sites for hydroxylation is 1. The number of aromatic nitrogens is 1. The monoisotopic (exact) mass is 405 g/mol. The van der Waals surface area contributed by atoms with Crippen LogP contribution in [0.2, 0.25) is 0 Å². The normalized spacial score (nSPS) is 11.2. The number of thiazole rings is 1. The Morgan fingerprint density at radius 1 is 1.10 bits per heavy atom. The van der Waals surface area contributed by atoms with Gasteiger partial charge in [0.25, 0.3) is 0 Å². The van der Waals surface area contributed by atoms with Gasteiger partial charge < -0.3 is 9.52 Å². The molecular weight excluding hydrogens is 382 g/mol. The summed E-state index contributed by atoms with van der Waals surface area (Å²) in [5, 5.41) is 13.5. The largest absolute Gasteiger partial charge is 0.508 e. The Labute approximate surface area is 173 Å². The Bertz CT molecular complexity index is 1180. The molecule has 5 heteroatoms. The van der Waals surface area contributed by atoms with Crippen molar-refractivity contribution in [3.8, 4) is 27.6 Å². The molecule has 0 unspecified atom stereocenters. The quantitative estimate of drug-likeness (QED) is 0.361. The summed E-state index contributed by atoms with van der Waals surface area (Å²) >= 11 is 1.50. The van der Waals surface area contributed by atoms with E-state index in [-0.39, 0.29) is 11.2 Å². The third-order valence-corrected chi connectivity index (χ3v) is 5.97. The van der Waals surface area contributed by atoms with E-state index in [1.54, 1.807) is 12.1 Å². The summed E-state index contributed by atoms with van der Waals surface area (Å²) < 4.78 is 5.68. The molecular formula is C24H23NO3S. The standard InChI is InChI=1S/C24H23NO3S/c1-2-3-4-6-11-17-12-18-22(13-21(17)26)28-14-19(23(18)27)20-15-29-24(25-20)16-9-7-5-8-10-16/h5,7-10,12-15,26H,2-4,6,11H2,1H3. The predicted octanol–water partition coefficient (Wildman–Crippen LogP) is 6.41. The van der Waals surface area contributed by atoms with E-state index >= 15 is 0 Å². The summed E-state index contributed by atoms with van der Waals surface area (Å²) in [6.07, 6.45) is 6.63. The van der Waals surface area contributed by atoms with Crippen LogP contribution in [0.5, 0.6) is 5.75 Å². The Morgan fingerprint density at radius 2 is 1.93 bits per heavy atom. The molecule has 0 aliphatic rings. The SMILES string of the molecule is CCCCCCc1cc2c(=O)c(-c3csc(-c4ccccc4)n3)coc2cc1O. The molecule has 4 rings (SSSR count). The maximum absolute atomic E-state index is 13.1. The number of phenols is 1. The fourth-order valence-corrected chi connectivity index (χ4v) is 4.27. The van der Waals surface area contributed by atoms with Crippen molar-refractivity contribution in [2.24, 2.45) is 0 Å². The number of fused-ring (bicyclic) bond motifs is 1. The van der Waals surface area contributed by atoms with Crippen LogP contribution in [-0.4, -0.2) is 10.1 Å². The third kappa shape index (κ3) is 4.10. The van der Waals surface area contributed by atoms with Crippen molar-refractivity contribution in [2.45, 2.75) is 39.0 Å². The summed E-state index contributed by atoms with van der Waals surface area (Å²) in [4.78, 5) is 17.8. The van der Waals surface area contributed by atoms with Crippen LogP contribution in [0.3, 0.4) is 0 Å². The first kappa shape index (κ1) is 19.4. The Balaban J connectivity index is 1.69. The van der Waals surface area contributed by atoms with E-state index in [2.05, 4.69) is 11.9 Å². The first-order valence-corrected chi connectivity index (χ1v) is 10.8. The van der Waals surface area contributed by atoms with Gasteiger partial charge in [0.15, 0.2) is 0 Å². The van der Waals surface area contributed by atoms with Crippen LogP contribution in [0.1, 0.15) is 38.2 Å². The van der Waals surface area contributed by atoms with Gasteiger partial charge in [0, 0.05) is 17.0 Å². The molecule has 4 nitrogen and oxygen atoms in total. The zero-order chi connectivity index (χ0) is 20.2. The van der Waals surface area contributed by atoms with Crippen LogP contribution in [0.25, 0.3) is 32.8 Å². The molecule has 2 heterocycles. The maximum atomic E-state index is 13.1. The van der Waals surface area contributed by atoms with Gasteiger partial charge in [-0.25, -0.2) is 4.98 Å². The topological polar surface area (TPSA) is 63.3 Å². The third-order valence-electron chi connectivity index (χ3n) is 5.07. The Kier molecular flexibility index (Phi) is 5.76. The van der Waals surface area contributed by atoms with E-state index in [4.69, 9.17) is 4.42 Å². The summed E-state index contributed by atoms with van der Waals surface area (Å²) in [6.45, 7) is 2.17. The minimum atomic E-state index is -0.119. The number of aromatic hydroxyl groups is 1. The molecule has 0 aliphatic heterocycles. The van der Waals surface area contributed by atoms with Crippen molar-refractivity contribution in [1.29, 1.82) is 0 Å². The van der Waals surface area contributed by atoms with Crippen molar-refractivity contribution in [2.75, 3.05) is 0 Å². The van der Waals surface area contributed by atoms with Gasteiger partial charge in [0.2, 0.25) is 5.43 Å². The molecule has 0 saturated carbocycles. The second-order valence-corrected chi connectivity index (χ2v) is 8.03. The number of nitrogens with zero attached hydrogens (tertiary/aromatic N) is 1. The van der Waals surface area contributed by atoms with Gasteiger partial charge in [-0.1, -0.05) is 56.5 Å². The molecule has 4 aromatic rings. The van der Waals surface area contributed by atoms with Crippen LogP contribution in [-0.2, 0) is 6.42 Å². The molecule has 0 radical (unpaired) electrons. The average Bonchev–Trinajstić information content (AvgIpc) is 3.23. The molecule has 0 atom stereocenters. The van der Waals surface area contributed by atoms with E-state index in [1.165, 1.54) is 24.0 Å². The highest BCUT2D eigenvalue weighted by molar-refractivity contribution is 7.13. The molecule has 2 aromatic heterocycles. The van der Waals surface area contributed by atoms with Gasteiger partial charge in [0.05, 0.1) is 16.6 Å². The lowest BCUT2D eigenvalue weighted by Crippen LogP contribution is -2.05.